The molecule has 4 rings (SSSR count). The highest BCUT2D eigenvalue weighted by Crippen LogP contribution is 2.36. The summed E-state index contributed by atoms with van der Waals surface area (Å²) in [6.45, 7) is 1.99. The van der Waals surface area contributed by atoms with Gasteiger partial charge in [0.25, 0.3) is 5.91 Å². The van der Waals surface area contributed by atoms with Crippen LogP contribution in [0.1, 0.15) is 23.2 Å². The number of carbonyl (C=O) groups is 1. The van der Waals surface area contributed by atoms with Crippen LogP contribution in [0.5, 0.6) is 0 Å². The molecule has 2 aliphatic heterocycles. The van der Waals surface area contributed by atoms with E-state index in [1.165, 1.54) is 0 Å². The lowest BCUT2D eigenvalue weighted by Crippen LogP contribution is -2.67. The minimum Gasteiger partial charge on any atom is -0.381 e. The zero-order chi connectivity index (χ0) is 15.9. The number of aromatic nitrogens is 1. The van der Waals surface area contributed by atoms with Crippen molar-refractivity contribution in [2.24, 2.45) is 0 Å². The Hall–Kier alpha value is -1.98. The Balaban J connectivity index is 1.53. The van der Waals surface area contributed by atoms with Crippen LogP contribution >= 0.6 is 0 Å². The van der Waals surface area contributed by atoms with Crippen LogP contribution in [-0.4, -0.2) is 54.3 Å². The van der Waals surface area contributed by atoms with Gasteiger partial charge in [0.15, 0.2) is 0 Å². The molecule has 1 spiro atoms. The molecule has 0 unspecified atom stereocenters. The minimum atomic E-state index is -0.211. The number of rotatable bonds is 2. The van der Waals surface area contributed by atoms with Crippen molar-refractivity contribution in [3.8, 4) is 0 Å². The first-order valence-electron chi connectivity index (χ1n) is 8.01. The molecule has 23 heavy (non-hydrogen) atoms. The van der Waals surface area contributed by atoms with Crippen LogP contribution in [-0.2, 0) is 9.47 Å². The van der Waals surface area contributed by atoms with Gasteiger partial charge in [-0.05, 0) is 18.6 Å². The molecule has 0 bridgehead atoms. The van der Waals surface area contributed by atoms with Gasteiger partial charge >= 0.3 is 0 Å². The molecule has 2 aromatic rings. The van der Waals surface area contributed by atoms with Crippen LogP contribution < -0.4 is 0 Å². The number of ether oxygens (including phenoxy) is 2. The molecular formula is C18H20N2O3. The van der Waals surface area contributed by atoms with Gasteiger partial charge in [-0.15, -0.1) is 0 Å². The lowest BCUT2D eigenvalue weighted by molar-refractivity contribution is -0.181. The second-order valence-electron chi connectivity index (χ2n) is 6.42. The van der Waals surface area contributed by atoms with Gasteiger partial charge in [0.1, 0.15) is 5.60 Å². The molecular weight excluding hydrogens is 292 g/mol. The van der Waals surface area contributed by atoms with Crippen molar-refractivity contribution in [3.05, 3.63) is 42.1 Å². The van der Waals surface area contributed by atoms with E-state index < -0.39 is 0 Å². The second-order valence-corrected chi connectivity index (χ2v) is 6.42. The maximum atomic E-state index is 12.8. The van der Waals surface area contributed by atoms with E-state index in [9.17, 15) is 4.79 Å². The summed E-state index contributed by atoms with van der Waals surface area (Å²) in [4.78, 5) is 19.0. The Bertz CT molecular complexity index is 735. The van der Waals surface area contributed by atoms with Gasteiger partial charge in [0.2, 0.25) is 0 Å². The fourth-order valence-electron chi connectivity index (χ4n) is 3.65. The van der Waals surface area contributed by atoms with E-state index in [4.69, 9.17) is 9.47 Å². The highest BCUT2D eigenvalue weighted by atomic mass is 16.5. The molecule has 1 aromatic carbocycles. The third kappa shape index (κ3) is 2.50. The summed E-state index contributed by atoms with van der Waals surface area (Å²) in [6, 6.07) is 9.55. The number of amides is 1. The summed E-state index contributed by atoms with van der Waals surface area (Å²) in [5.74, 6) is 0.0531. The summed E-state index contributed by atoms with van der Waals surface area (Å²) in [5, 5.41) is 0.903. The molecule has 0 N–H and O–H groups in total. The highest BCUT2D eigenvalue weighted by Gasteiger charge is 2.49. The predicted molar refractivity (Wildman–Crippen MR) is 86.4 cm³/mol. The standard InChI is InChI=1S/C18H20N2O3/c1-22-13-7-9-23-18(10-13)11-20(12-18)17(21)15-6-8-19-16-5-3-2-4-14(15)16/h2-6,8,13H,7,9-12H2,1H3/t13-/m1/s1. The maximum Gasteiger partial charge on any atom is 0.254 e. The Labute approximate surface area is 135 Å². The van der Waals surface area contributed by atoms with Crippen LogP contribution in [0.2, 0.25) is 0 Å². The third-order valence-electron chi connectivity index (χ3n) is 4.91. The molecule has 0 aliphatic carbocycles. The number of likely N-dealkylation sites (tertiary alicyclic amines) is 1. The average Bonchev–Trinajstić information content (AvgIpc) is 2.58. The molecule has 2 fully saturated rings. The molecule has 5 heteroatoms. The molecule has 2 aliphatic rings. The van der Waals surface area contributed by atoms with Crippen molar-refractivity contribution in [2.75, 3.05) is 26.8 Å². The predicted octanol–water partition coefficient (Wildman–Crippen LogP) is 2.25. The zero-order valence-corrected chi connectivity index (χ0v) is 13.2. The van der Waals surface area contributed by atoms with Crippen molar-refractivity contribution in [1.29, 1.82) is 0 Å². The summed E-state index contributed by atoms with van der Waals surface area (Å²) in [6.07, 6.45) is 3.73. The second kappa shape index (κ2) is 5.58. The lowest BCUT2D eigenvalue weighted by atomic mass is 9.84. The maximum absolute atomic E-state index is 12.8. The normalized spacial score (nSPS) is 23.0. The van der Waals surface area contributed by atoms with Gasteiger partial charge in [-0.3, -0.25) is 9.78 Å². The van der Waals surface area contributed by atoms with Crippen molar-refractivity contribution in [1.82, 2.24) is 9.88 Å². The SMILES string of the molecule is CO[C@@H]1CCOC2(C1)CN(C(=O)c1ccnc3ccccc13)C2. The molecule has 120 valence electrons. The van der Waals surface area contributed by atoms with E-state index in [1.54, 1.807) is 19.4 Å². The molecule has 2 saturated heterocycles. The molecule has 0 radical (unpaired) electrons. The van der Waals surface area contributed by atoms with Crippen LogP contribution in [0.25, 0.3) is 10.9 Å². The Kier molecular flexibility index (Phi) is 3.54. The topological polar surface area (TPSA) is 51.7 Å². The summed E-state index contributed by atoms with van der Waals surface area (Å²) >= 11 is 0. The smallest absolute Gasteiger partial charge is 0.254 e. The highest BCUT2D eigenvalue weighted by molar-refractivity contribution is 6.06. The van der Waals surface area contributed by atoms with Gasteiger partial charge in [0, 0.05) is 31.7 Å². The number of para-hydroxylation sites is 1. The number of nitrogens with zero attached hydrogens (tertiary/aromatic N) is 2. The van der Waals surface area contributed by atoms with Crippen LogP contribution in [0.3, 0.4) is 0 Å². The number of methoxy groups -OCH3 is 1. The number of fused-ring (bicyclic) bond motifs is 1. The summed E-state index contributed by atoms with van der Waals surface area (Å²) in [7, 11) is 1.74. The summed E-state index contributed by atoms with van der Waals surface area (Å²) < 4.78 is 11.4. The van der Waals surface area contributed by atoms with E-state index >= 15 is 0 Å². The molecule has 1 aromatic heterocycles. The number of pyridine rings is 1. The van der Waals surface area contributed by atoms with Gasteiger partial charge < -0.3 is 14.4 Å². The lowest BCUT2D eigenvalue weighted by Gasteiger charge is -2.52. The largest absolute Gasteiger partial charge is 0.381 e. The third-order valence-corrected chi connectivity index (χ3v) is 4.91. The van der Waals surface area contributed by atoms with Gasteiger partial charge in [-0.2, -0.15) is 0 Å². The average molecular weight is 312 g/mol. The van der Waals surface area contributed by atoms with Gasteiger partial charge in [-0.1, -0.05) is 18.2 Å². The Morgan fingerprint density at radius 3 is 3.00 bits per heavy atom. The number of carbonyl (C=O) groups excluding carboxylic acids is 1. The monoisotopic (exact) mass is 312 g/mol. The van der Waals surface area contributed by atoms with Crippen LogP contribution in [0, 0.1) is 0 Å². The van der Waals surface area contributed by atoms with Crippen LogP contribution in [0.4, 0.5) is 0 Å². The Morgan fingerprint density at radius 1 is 1.35 bits per heavy atom. The van der Waals surface area contributed by atoms with Crippen LogP contribution in [0.15, 0.2) is 36.5 Å². The van der Waals surface area contributed by atoms with Gasteiger partial charge in [-0.25, -0.2) is 0 Å². The molecule has 1 atom stereocenters. The first kappa shape index (κ1) is 14.6. The van der Waals surface area contributed by atoms with Crippen molar-refractivity contribution < 1.29 is 14.3 Å². The zero-order valence-electron chi connectivity index (χ0n) is 13.2. The molecule has 5 nitrogen and oxygen atoms in total. The fraction of sp³-hybridized carbons (Fsp3) is 0.444. The number of benzene rings is 1. The van der Waals surface area contributed by atoms with Crippen molar-refractivity contribution >= 4 is 16.8 Å². The first-order chi connectivity index (χ1) is 11.2. The van der Waals surface area contributed by atoms with E-state index in [1.807, 2.05) is 29.2 Å². The van der Waals surface area contributed by atoms with Crippen molar-refractivity contribution in [2.45, 2.75) is 24.5 Å². The first-order valence-corrected chi connectivity index (χ1v) is 8.01. The number of hydrogen-bond acceptors (Lipinski definition) is 4. The molecule has 3 heterocycles. The quantitative estimate of drug-likeness (QED) is 0.853. The Morgan fingerprint density at radius 2 is 2.17 bits per heavy atom. The minimum absolute atomic E-state index is 0.0531. The molecule has 0 saturated carbocycles. The van der Waals surface area contributed by atoms with Crippen molar-refractivity contribution in [3.63, 3.8) is 0 Å². The molecule has 1 amide bonds. The number of hydrogen-bond donors (Lipinski definition) is 0. The summed E-state index contributed by atoms with van der Waals surface area (Å²) in [5.41, 5.74) is 1.35. The fourth-order valence-corrected chi connectivity index (χ4v) is 3.65. The van der Waals surface area contributed by atoms with E-state index in [2.05, 4.69) is 4.98 Å². The van der Waals surface area contributed by atoms with E-state index in [-0.39, 0.29) is 17.6 Å². The van der Waals surface area contributed by atoms with Gasteiger partial charge in [0.05, 0.1) is 30.3 Å². The van der Waals surface area contributed by atoms with E-state index in [0.717, 1.165) is 23.7 Å². The van der Waals surface area contributed by atoms with E-state index in [0.29, 0.717) is 25.3 Å².